The number of nitriles is 1. The monoisotopic (exact) mass is 370 g/mol. The molecule has 3 rings (SSSR count). The first-order valence-electron chi connectivity index (χ1n) is 8.80. The highest BCUT2D eigenvalue weighted by Gasteiger charge is 2.28. The Bertz CT molecular complexity index is 761. The number of carbonyl (C=O) groups is 1. The summed E-state index contributed by atoms with van der Waals surface area (Å²) in [6, 6.07) is 9.88. The number of nitrogens with zero attached hydrogens (tertiary/aromatic N) is 4. The second-order valence-electron chi connectivity index (χ2n) is 6.02. The molecule has 0 aromatic heterocycles. The van der Waals surface area contributed by atoms with E-state index in [0.717, 1.165) is 49.2 Å². The zero-order valence-electron chi connectivity index (χ0n) is 14.9. The molecule has 0 saturated carbocycles. The van der Waals surface area contributed by atoms with E-state index in [9.17, 15) is 4.79 Å². The minimum absolute atomic E-state index is 0.191. The Hall–Kier alpha value is -2.30. The molecule has 7 heteroatoms. The molecule has 0 radical (unpaired) electrons. The number of piperazine rings is 1. The van der Waals surface area contributed by atoms with Crippen molar-refractivity contribution >= 4 is 28.9 Å². The maximum Gasteiger partial charge on any atom is 0.286 e. The zero-order valence-corrected chi connectivity index (χ0v) is 15.7. The molecule has 1 amide bonds. The van der Waals surface area contributed by atoms with E-state index in [1.807, 2.05) is 37.3 Å². The summed E-state index contributed by atoms with van der Waals surface area (Å²) in [5, 5.41) is 9.47. The van der Waals surface area contributed by atoms with Gasteiger partial charge in [-0.15, -0.1) is 0 Å². The third-order valence-corrected chi connectivity index (χ3v) is 5.34. The van der Waals surface area contributed by atoms with Gasteiger partial charge in [0, 0.05) is 44.7 Å². The minimum atomic E-state index is -0.191. The standard InChI is InChI=1S/C19H22N4O2S/c1-2-25-16-7-4-3-6-15(16)14-17-18(24)21-19(26-17)23-12-10-22(11-13-23)9-5-8-20/h3-4,6-7,14H,2,5,9-13H2,1H3/b17-14-. The largest absolute Gasteiger partial charge is 0.493 e. The van der Waals surface area contributed by atoms with Crippen LogP contribution < -0.4 is 4.74 Å². The van der Waals surface area contributed by atoms with Crippen LogP contribution in [0, 0.1) is 11.3 Å². The lowest BCUT2D eigenvalue weighted by Crippen LogP contribution is -2.47. The molecule has 1 fully saturated rings. The summed E-state index contributed by atoms with van der Waals surface area (Å²) in [5.74, 6) is 0.582. The third-order valence-electron chi connectivity index (χ3n) is 4.30. The number of amidine groups is 1. The van der Waals surface area contributed by atoms with Crippen molar-refractivity contribution in [2.24, 2.45) is 4.99 Å². The van der Waals surface area contributed by atoms with Crippen molar-refractivity contribution in [1.29, 1.82) is 5.26 Å². The Morgan fingerprint density at radius 3 is 2.81 bits per heavy atom. The summed E-state index contributed by atoms with van der Waals surface area (Å²) in [6.07, 6.45) is 2.41. The van der Waals surface area contributed by atoms with Crippen LogP contribution in [0.3, 0.4) is 0 Å². The van der Waals surface area contributed by atoms with Crippen molar-refractivity contribution < 1.29 is 9.53 Å². The molecule has 0 unspecified atom stereocenters. The number of rotatable bonds is 5. The van der Waals surface area contributed by atoms with E-state index in [1.165, 1.54) is 11.8 Å². The average Bonchev–Trinajstić information content (AvgIpc) is 3.03. The molecule has 1 aromatic rings. The number of thioether (sulfide) groups is 1. The molecule has 0 aliphatic carbocycles. The maximum absolute atomic E-state index is 12.3. The van der Waals surface area contributed by atoms with Gasteiger partial charge in [0.15, 0.2) is 5.17 Å². The normalized spacial score (nSPS) is 19.5. The number of hydrogen-bond donors (Lipinski definition) is 0. The second kappa shape index (κ2) is 8.88. The number of ether oxygens (including phenoxy) is 1. The predicted octanol–water partition coefficient (Wildman–Crippen LogP) is 2.59. The fourth-order valence-corrected chi connectivity index (χ4v) is 3.89. The van der Waals surface area contributed by atoms with E-state index in [0.29, 0.717) is 17.9 Å². The highest BCUT2D eigenvalue weighted by Crippen LogP contribution is 2.32. The van der Waals surface area contributed by atoms with Crippen LogP contribution in [-0.4, -0.2) is 60.2 Å². The highest BCUT2D eigenvalue weighted by molar-refractivity contribution is 8.18. The number of para-hydroxylation sites is 1. The molecule has 0 N–H and O–H groups in total. The molecule has 136 valence electrons. The van der Waals surface area contributed by atoms with Gasteiger partial charge in [-0.25, -0.2) is 0 Å². The summed E-state index contributed by atoms with van der Waals surface area (Å²) < 4.78 is 5.63. The van der Waals surface area contributed by atoms with Crippen molar-refractivity contribution in [3.63, 3.8) is 0 Å². The topological polar surface area (TPSA) is 68.9 Å². The first kappa shape index (κ1) is 18.5. The molecule has 0 spiro atoms. The number of amides is 1. The van der Waals surface area contributed by atoms with Crippen LogP contribution in [0.5, 0.6) is 5.75 Å². The lowest BCUT2D eigenvalue weighted by molar-refractivity contribution is -0.113. The molecule has 2 aliphatic rings. The van der Waals surface area contributed by atoms with Crippen LogP contribution in [-0.2, 0) is 4.79 Å². The zero-order chi connectivity index (χ0) is 18.4. The maximum atomic E-state index is 12.3. The molecule has 1 aromatic carbocycles. The number of aliphatic imine (C=N–C) groups is 1. The lowest BCUT2D eigenvalue weighted by atomic mass is 10.2. The van der Waals surface area contributed by atoms with Crippen LogP contribution in [0.4, 0.5) is 0 Å². The first-order chi connectivity index (χ1) is 12.7. The minimum Gasteiger partial charge on any atom is -0.493 e. The first-order valence-corrected chi connectivity index (χ1v) is 9.61. The van der Waals surface area contributed by atoms with Crippen LogP contribution in [0.15, 0.2) is 34.2 Å². The Morgan fingerprint density at radius 1 is 1.31 bits per heavy atom. The Balaban J connectivity index is 1.64. The molecular formula is C19H22N4O2S. The van der Waals surface area contributed by atoms with E-state index in [2.05, 4.69) is 20.9 Å². The van der Waals surface area contributed by atoms with E-state index in [4.69, 9.17) is 10.00 Å². The van der Waals surface area contributed by atoms with Crippen molar-refractivity contribution in [2.45, 2.75) is 13.3 Å². The summed E-state index contributed by atoms with van der Waals surface area (Å²) in [4.78, 5) is 21.6. The van der Waals surface area contributed by atoms with Gasteiger partial charge in [0.2, 0.25) is 0 Å². The average molecular weight is 370 g/mol. The Morgan fingerprint density at radius 2 is 2.08 bits per heavy atom. The molecular weight excluding hydrogens is 348 g/mol. The Kier molecular flexibility index (Phi) is 6.31. The van der Waals surface area contributed by atoms with Crippen LogP contribution in [0.1, 0.15) is 18.9 Å². The van der Waals surface area contributed by atoms with Crippen LogP contribution in [0.2, 0.25) is 0 Å². The van der Waals surface area contributed by atoms with Crippen molar-refractivity contribution in [1.82, 2.24) is 9.80 Å². The van der Waals surface area contributed by atoms with Crippen molar-refractivity contribution in [2.75, 3.05) is 39.3 Å². The summed E-state index contributed by atoms with van der Waals surface area (Å²) >= 11 is 1.43. The van der Waals surface area contributed by atoms with Gasteiger partial charge in [0.1, 0.15) is 5.75 Å². The predicted molar refractivity (Wildman–Crippen MR) is 104 cm³/mol. The summed E-state index contributed by atoms with van der Waals surface area (Å²) in [6.45, 7) is 6.77. The van der Waals surface area contributed by atoms with E-state index >= 15 is 0 Å². The van der Waals surface area contributed by atoms with Gasteiger partial charge >= 0.3 is 0 Å². The molecule has 2 heterocycles. The fraction of sp³-hybridized carbons (Fsp3) is 0.421. The van der Waals surface area contributed by atoms with E-state index < -0.39 is 0 Å². The smallest absolute Gasteiger partial charge is 0.286 e. The number of carbonyl (C=O) groups excluding carboxylic acids is 1. The molecule has 0 atom stereocenters. The molecule has 6 nitrogen and oxygen atoms in total. The van der Waals surface area contributed by atoms with E-state index in [-0.39, 0.29) is 5.91 Å². The summed E-state index contributed by atoms with van der Waals surface area (Å²) in [7, 11) is 0. The molecule has 2 aliphatic heterocycles. The lowest BCUT2D eigenvalue weighted by Gasteiger charge is -2.34. The second-order valence-corrected chi connectivity index (χ2v) is 7.03. The van der Waals surface area contributed by atoms with E-state index in [1.54, 1.807) is 0 Å². The van der Waals surface area contributed by atoms with Gasteiger partial charge in [-0.3, -0.25) is 9.69 Å². The van der Waals surface area contributed by atoms with Gasteiger partial charge in [-0.05, 0) is 30.8 Å². The molecule has 1 saturated heterocycles. The third kappa shape index (κ3) is 4.45. The molecule has 0 bridgehead atoms. The van der Waals surface area contributed by atoms with Gasteiger partial charge in [-0.1, -0.05) is 18.2 Å². The van der Waals surface area contributed by atoms with Crippen LogP contribution >= 0.6 is 11.8 Å². The quantitative estimate of drug-likeness (QED) is 0.742. The molecule has 26 heavy (non-hydrogen) atoms. The number of benzene rings is 1. The Labute approximate surface area is 158 Å². The van der Waals surface area contributed by atoms with Crippen molar-refractivity contribution in [3.8, 4) is 11.8 Å². The van der Waals surface area contributed by atoms with Crippen LogP contribution in [0.25, 0.3) is 6.08 Å². The number of hydrogen-bond acceptors (Lipinski definition) is 6. The fourth-order valence-electron chi connectivity index (χ4n) is 2.93. The SMILES string of the molecule is CCOc1ccccc1/C=C1\SC(N2CCN(CCC#N)CC2)=NC1=O. The van der Waals surface area contributed by atoms with Crippen molar-refractivity contribution in [3.05, 3.63) is 34.7 Å². The van der Waals surface area contributed by atoms with Gasteiger partial charge in [-0.2, -0.15) is 10.3 Å². The van der Waals surface area contributed by atoms with Gasteiger partial charge in [0.05, 0.1) is 17.6 Å². The summed E-state index contributed by atoms with van der Waals surface area (Å²) in [5.41, 5.74) is 0.892. The van der Waals surface area contributed by atoms with Gasteiger partial charge in [0.25, 0.3) is 5.91 Å². The highest BCUT2D eigenvalue weighted by atomic mass is 32.2. The van der Waals surface area contributed by atoms with Gasteiger partial charge < -0.3 is 9.64 Å².